The van der Waals surface area contributed by atoms with E-state index in [0.29, 0.717) is 54.7 Å². The van der Waals surface area contributed by atoms with E-state index in [2.05, 4.69) is 15.1 Å². The summed E-state index contributed by atoms with van der Waals surface area (Å²) < 4.78 is 16.3. The summed E-state index contributed by atoms with van der Waals surface area (Å²) in [7, 11) is 8.70. The Bertz CT molecular complexity index is 1130. The number of anilines is 2. The molecule has 1 fully saturated rings. The van der Waals surface area contributed by atoms with Crippen LogP contribution in [0.2, 0.25) is 0 Å². The largest absolute Gasteiger partial charge is 0.493 e. The predicted molar refractivity (Wildman–Crippen MR) is 136 cm³/mol. The highest BCUT2D eigenvalue weighted by atomic mass is 16.5. The molecule has 1 aliphatic heterocycles. The molecule has 2 aromatic carbocycles. The molecule has 0 spiro atoms. The van der Waals surface area contributed by atoms with Crippen LogP contribution in [0.25, 0.3) is 11.3 Å². The molecule has 4 rings (SSSR count). The summed E-state index contributed by atoms with van der Waals surface area (Å²) in [5.74, 6) is 2.49. The van der Waals surface area contributed by atoms with Gasteiger partial charge in [-0.2, -0.15) is 0 Å². The van der Waals surface area contributed by atoms with Gasteiger partial charge in [-0.25, -0.2) is 0 Å². The van der Waals surface area contributed by atoms with Crippen molar-refractivity contribution in [1.29, 1.82) is 0 Å². The number of benzene rings is 2. The van der Waals surface area contributed by atoms with Gasteiger partial charge in [0.2, 0.25) is 5.75 Å². The molecule has 0 aliphatic carbocycles. The van der Waals surface area contributed by atoms with E-state index in [1.165, 1.54) is 0 Å². The molecule has 184 valence electrons. The lowest BCUT2D eigenvalue weighted by Gasteiger charge is -2.35. The van der Waals surface area contributed by atoms with Gasteiger partial charge in [-0.1, -0.05) is 0 Å². The van der Waals surface area contributed by atoms with Crippen LogP contribution >= 0.6 is 0 Å². The summed E-state index contributed by atoms with van der Waals surface area (Å²) in [5, 5.41) is 8.87. The fourth-order valence-corrected chi connectivity index (χ4v) is 4.10. The highest BCUT2D eigenvalue weighted by molar-refractivity contribution is 5.94. The number of ether oxygens (including phenoxy) is 3. The standard InChI is InChI=1S/C26H31N5O4/c1-29(2)20-8-6-18(7-9-20)26(32)31-14-12-30(13-15-31)24-11-10-21(27-28-24)19-16-22(33-3)25(35-5)23(17-19)34-4/h6-11,16-17H,12-15H2,1-5H3. The molecule has 0 unspecified atom stereocenters. The lowest BCUT2D eigenvalue weighted by Crippen LogP contribution is -2.49. The lowest BCUT2D eigenvalue weighted by molar-refractivity contribution is 0.0746. The minimum Gasteiger partial charge on any atom is -0.493 e. The molecule has 0 N–H and O–H groups in total. The second-order valence-corrected chi connectivity index (χ2v) is 8.41. The maximum absolute atomic E-state index is 12.9. The Morgan fingerprint density at radius 2 is 1.46 bits per heavy atom. The second kappa shape index (κ2) is 10.5. The van der Waals surface area contributed by atoms with Crippen molar-refractivity contribution in [3.05, 3.63) is 54.1 Å². The molecule has 1 aromatic heterocycles. The number of hydrogen-bond acceptors (Lipinski definition) is 8. The first-order valence-corrected chi connectivity index (χ1v) is 11.4. The highest BCUT2D eigenvalue weighted by Crippen LogP contribution is 2.40. The third-order valence-electron chi connectivity index (χ3n) is 6.13. The zero-order valence-corrected chi connectivity index (χ0v) is 20.8. The van der Waals surface area contributed by atoms with Gasteiger partial charge in [-0.05, 0) is 48.5 Å². The van der Waals surface area contributed by atoms with Crippen LogP contribution in [0.4, 0.5) is 11.5 Å². The highest BCUT2D eigenvalue weighted by Gasteiger charge is 2.23. The third kappa shape index (κ3) is 5.08. The van der Waals surface area contributed by atoms with Gasteiger partial charge in [0.1, 0.15) is 0 Å². The zero-order chi connectivity index (χ0) is 24.9. The first-order valence-electron chi connectivity index (χ1n) is 11.4. The summed E-state index contributed by atoms with van der Waals surface area (Å²) in [6.07, 6.45) is 0. The number of rotatable bonds is 7. The summed E-state index contributed by atoms with van der Waals surface area (Å²) >= 11 is 0. The van der Waals surface area contributed by atoms with Gasteiger partial charge in [0, 0.05) is 57.1 Å². The van der Waals surface area contributed by atoms with E-state index >= 15 is 0 Å². The molecular weight excluding hydrogens is 446 g/mol. The Kier molecular flexibility index (Phi) is 7.24. The number of aromatic nitrogens is 2. The molecule has 2 heterocycles. The third-order valence-corrected chi connectivity index (χ3v) is 6.13. The van der Waals surface area contributed by atoms with Gasteiger partial charge < -0.3 is 28.9 Å². The van der Waals surface area contributed by atoms with Crippen LogP contribution in [0.15, 0.2) is 48.5 Å². The van der Waals surface area contributed by atoms with Crippen LogP contribution in [0, 0.1) is 0 Å². The minimum absolute atomic E-state index is 0.0544. The minimum atomic E-state index is 0.0544. The second-order valence-electron chi connectivity index (χ2n) is 8.41. The van der Waals surface area contributed by atoms with Crippen LogP contribution < -0.4 is 24.0 Å². The molecule has 9 heteroatoms. The average molecular weight is 478 g/mol. The molecule has 1 amide bonds. The smallest absolute Gasteiger partial charge is 0.253 e. The Hall–Kier alpha value is -4.01. The molecule has 0 radical (unpaired) electrons. The van der Waals surface area contributed by atoms with Crippen LogP contribution in [0.3, 0.4) is 0 Å². The summed E-state index contributed by atoms with van der Waals surface area (Å²) in [6, 6.07) is 15.3. The molecule has 3 aromatic rings. The topological polar surface area (TPSA) is 80.3 Å². The van der Waals surface area contributed by atoms with Gasteiger partial charge in [0.05, 0.1) is 27.0 Å². The average Bonchev–Trinajstić information content (AvgIpc) is 2.92. The molecule has 0 atom stereocenters. The number of hydrogen-bond donors (Lipinski definition) is 0. The van der Waals surface area contributed by atoms with E-state index in [1.54, 1.807) is 21.3 Å². The number of amides is 1. The van der Waals surface area contributed by atoms with Crippen molar-refractivity contribution >= 4 is 17.4 Å². The van der Waals surface area contributed by atoms with Crippen molar-refractivity contribution in [3.63, 3.8) is 0 Å². The number of nitrogens with zero attached hydrogens (tertiary/aromatic N) is 5. The summed E-state index contributed by atoms with van der Waals surface area (Å²) in [4.78, 5) is 19.0. The van der Waals surface area contributed by atoms with Crippen LogP contribution in [-0.2, 0) is 0 Å². The first kappa shape index (κ1) is 24.1. The fraction of sp³-hybridized carbons (Fsp3) is 0.346. The monoisotopic (exact) mass is 477 g/mol. The molecule has 0 bridgehead atoms. The van der Waals surface area contributed by atoms with E-state index in [-0.39, 0.29) is 5.91 Å². The van der Waals surface area contributed by atoms with Crippen molar-refractivity contribution in [2.75, 3.05) is 71.4 Å². The van der Waals surface area contributed by atoms with Crippen molar-refractivity contribution in [1.82, 2.24) is 15.1 Å². The van der Waals surface area contributed by atoms with Crippen LogP contribution in [-0.4, -0.2) is 82.6 Å². The molecular formula is C26H31N5O4. The van der Waals surface area contributed by atoms with Crippen molar-refractivity contribution in [3.8, 4) is 28.5 Å². The molecule has 35 heavy (non-hydrogen) atoms. The Balaban J connectivity index is 1.42. The Morgan fingerprint density at radius 1 is 0.829 bits per heavy atom. The molecule has 1 saturated heterocycles. The van der Waals surface area contributed by atoms with E-state index < -0.39 is 0 Å². The number of piperazine rings is 1. The lowest BCUT2D eigenvalue weighted by atomic mass is 10.1. The normalized spacial score (nSPS) is 13.4. The van der Waals surface area contributed by atoms with Gasteiger partial charge in [-0.3, -0.25) is 4.79 Å². The summed E-state index contributed by atoms with van der Waals surface area (Å²) in [5.41, 5.74) is 3.29. The Labute approximate surface area is 205 Å². The maximum Gasteiger partial charge on any atom is 0.253 e. The Morgan fingerprint density at radius 3 is 1.94 bits per heavy atom. The van der Waals surface area contributed by atoms with E-state index in [1.807, 2.05) is 72.4 Å². The number of methoxy groups -OCH3 is 3. The van der Waals surface area contributed by atoms with Crippen LogP contribution in [0.5, 0.6) is 17.2 Å². The zero-order valence-electron chi connectivity index (χ0n) is 20.8. The molecule has 1 aliphatic rings. The van der Waals surface area contributed by atoms with E-state index in [9.17, 15) is 4.79 Å². The fourth-order valence-electron chi connectivity index (χ4n) is 4.10. The van der Waals surface area contributed by atoms with Crippen molar-refractivity contribution in [2.24, 2.45) is 0 Å². The number of carbonyl (C=O) groups is 1. The SMILES string of the molecule is COc1cc(-c2ccc(N3CCN(C(=O)c4ccc(N(C)C)cc4)CC3)nn2)cc(OC)c1OC. The van der Waals surface area contributed by atoms with Gasteiger partial charge in [-0.15, -0.1) is 10.2 Å². The maximum atomic E-state index is 12.9. The number of carbonyl (C=O) groups excluding carboxylic acids is 1. The van der Waals surface area contributed by atoms with Gasteiger partial charge >= 0.3 is 0 Å². The van der Waals surface area contributed by atoms with Crippen molar-refractivity contribution in [2.45, 2.75) is 0 Å². The molecule has 9 nitrogen and oxygen atoms in total. The van der Waals surface area contributed by atoms with Crippen LogP contribution in [0.1, 0.15) is 10.4 Å². The molecule has 0 saturated carbocycles. The van der Waals surface area contributed by atoms with Gasteiger partial charge in [0.15, 0.2) is 17.3 Å². The first-order chi connectivity index (χ1) is 16.9. The van der Waals surface area contributed by atoms with E-state index in [0.717, 1.165) is 17.1 Å². The predicted octanol–water partition coefficient (Wildman–Crippen LogP) is 3.20. The van der Waals surface area contributed by atoms with Crippen molar-refractivity contribution < 1.29 is 19.0 Å². The van der Waals surface area contributed by atoms with E-state index in [4.69, 9.17) is 14.2 Å². The van der Waals surface area contributed by atoms with Gasteiger partial charge in [0.25, 0.3) is 5.91 Å². The quantitative estimate of drug-likeness (QED) is 0.513. The summed E-state index contributed by atoms with van der Waals surface area (Å²) in [6.45, 7) is 2.65.